The largest absolute Gasteiger partial charge is 0.380 e. The number of ether oxygens (including phenoxy) is 1. The van der Waals surface area contributed by atoms with Gasteiger partial charge in [0.05, 0.1) is 6.61 Å². The summed E-state index contributed by atoms with van der Waals surface area (Å²) in [6.45, 7) is 7.12. The highest BCUT2D eigenvalue weighted by atomic mass is 16.5. The molecule has 1 aliphatic rings. The van der Waals surface area contributed by atoms with Gasteiger partial charge < -0.3 is 10.1 Å². The molecule has 1 saturated carbocycles. The van der Waals surface area contributed by atoms with Crippen molar-refractivity contribution in [2.24, 2.45) is 5.92 Å². The summed E-state index contributed by atoms with van der Waals surface area (Å²) in [5.74, 6) is 0.857. The summed E-state index contributed by atoms with van der Waals surface area (Å²) >= 11 is 0. The van der Waals surface area contributed by atoms with Crippen LogP contribution >= 0.6 is 0 Å². The third kappa shape index (κ3) is 4.10. The van der Waals surface area contributed by atoms with Gasteiger partial charge in [0, 0.05) is 19.2 Å². The quantitative estimate of drug-likeness (QED) is 0.663. The van der Waals surface area contributed by atoms with E-state index in [0.29, 0.717) is 0 Å². The van der Waals surface area contributed by atoms with Crippen LogP contribution in [0.3, 0.4) is 0 Å². The maximum atomic E-state index is 5.30. The van der Waals surface area contributed by atoms with E-state index >= 15 is 0 Å². The monoisotopic (exact) mass is 185 g/mol. The Labute approximate surface area is 82.0 Å². The minimum Gasteiger partial charge on any atom is -0.380 e. The maximum Gasteiger partial charge on any atom is 0.0590 e. The SMILES string of the molecule is CCOCCN[C@@H]1CCCC[C@@H]1C. The lowest BCUT2D eigenvalue weighted by molar-refractivity contribution is 0.141. The van der Waals surface area contributed by atoms with Crippen molar-refractivity contribution >= 4 is 0 Å². The molecule has 0 saturated heterocycles. The van der Waals surface area contributed by atoms with Gasteiger partial charge in [-0.05, 0) is 25.7 Å². The Balaban J connectivity index is 2.05. The first kappa shape index (κ1) is 11.0. The van der Waals surface area contributed by atoms with E-state index in [0.717, 1.165) is 31.7 Å². The van der Waals surface area contributed by atoms with E-state index in [9.17, 15) is 0 Å². The summed E-state index contributed by atoms with van der Waals surface area (Å²) in [5.41, 5.74) is 0. The highest BCUT2D eigenvalue weighted by Gasteiger charge is 2.19. The molecule has 1 fully saturated rings. The molecule has 78 valence electrons. The molecule has 0 radical (unpaired) electrons. The van der Waals surface area contributed by atoms with Crippen molar-refractivity contribution in [1.29, 1.82) is 0 Å². The molecule has 2 nitrogen and oxygen atoms in total. The van der Waals surface area contributed by atoms with Crippen molar-refractivity contribution in [2.75, 3.05) is 19.8 Å². The van der Waals surface area contributed by atoms with Gasteiger partial charge in [0.25, 0.3) is 0 Å². The number of rotatable bonds is 5. The molecule has 0 aromatic heterocycles. The van der Waals surface area contributed by atoms with Gasteiger partial charge in [-0.25, -0.2) is 0 Å². The molecule has 1 rings (SSSR count). The van der Waals surface area contributed by atoms with Gasteiger partial charge in [0.2, 0.25) is 0 Å². The third-order valence-electron chi connectivity index (χ3n) is 2.97. The molecule has 0 bridgehead atoms. The van der Waals surface area contributed by atoms with E-state index in [-0.39, 0.29) is 0 Å². The van der Waals surface area contributed by atoms with E-state index in [4.69, 9.17) is 4.74 Å². The second-order valence-electron chi connectivity index (χ2n) is 4.02. The lowest BCUT2D eigenvalue weighted by Gasteiger charge is -2.29. The number of hydrogen-bond acceptors (Lipinski definition) is 2. The molecule has 0 aromatic carbocycles. The summed E-state index contributed by atoms with van der Waals surface area (Å²) < 4.78 is 5.30. The van der Waals surface area contributed by atoms with E-state index < -0.39 is 0 Å². The molecular weight excluding hydrogens is 162 g/mol. The van der Waals surface area contributed by atoms with Crippen LogP contribution in [0.4, 0.5) is 0 Å². The predicted molar refractivity (Wildman–Crippen MR) is 55.9 cm³/mol. The van der Waals surface area contributed by atoms with Crippen LogP contribution in [0.25, 0.3) is 0 Å². The van der Waals surface area contributed by atoms with Gasteiger partial charge in [-0.15, -0.1) is 0 Å². The minimum atomic E-state index is 0.745. The Morgan fingerprint density at radius 2 is 2.08 bits per heavy atom. The Morgan fingerprint density at radius 1 is 1.31 bits per heavy atom. The maximum absolute atomic E-state index is 5.30. The van der Waals surface area contributed by atoms with Crippen LogP contribution in [-0.4, -0.2) is 25.8 Å². The molecule has 0 spiro atoms. The average Bonchev–Trinajstić information content (AvgIpc) is 2.15. The summed E-state index contributed by atoms with van der Waals surface area (Å²) in [6.07, 6.45) is 5.57. The highest BCUT2D eigenvalue weighted by molar-refractivity contribution is 4.77. The van der Waals surface area contributed by atoms with Gasteiger partial charge in [0.15, 0.2) is 0 Å². The van der Waals surface area contributed by atoms with Crippen molar-refractivity contribution in [3.05, 3.63) is 0 Å². The number of nitrogens with one attached hydrogen (secondary N) is 1. The summed E-state index contributed by atoms with van der Waals surface area (Å²) in [6, 6.07) is 0.745. The molecule has 0 unspecified atom stereocenters. The molecule has 1 N–H and O–H groups in total. The van der Waals surface area contributed by atoms with Gasteiger partial charge in [0.1, 0.15) is 0 Å². The predicted octanol–water partition coefficient (Wildman–Crippen LogP) is 2.19. The third-order valence-corrected chi connectivity index (χ3v) is 2.97. The molecule has 0 aromatic rings. The van der Waals surface area contributed by atoms with Crippen molar-refractivity contribution in [3.63, 3.8) is 0 Å². The molecule has 0 heterocycles. The Hall–Kier alpha value is -0.0800. The van der Waals surface area contributed by atoms with Gasteiger partial charge >= 0.3 is 0 Å². The zero-order valence-electron chi connectivity index (χ0n) is 9.01. The topological polar surface area (TPSA) is 21.3 Å². The van der Waals surface area contributed by atoms with Crippen molar-refractivity contribution in [3.8, 4) is 0 Å². The van der Waals surface area contributed by atoms with Gasteiger partial charge in [-0.2, -0.15) is 0 Å². The second-order valence-corrected chi connectivity index (χ2v) is 4.02. The zero-order chi connectivity index (χ0) is 9.52. The highest BCUT2D eigenvalue weighted by Crippen LogP contribution is 2.23. The second kappa shape index (κ2) is 6.39. The first-order valence-electron chi connectivity index (χ1n) is 5.65. The fourth-order valence-corrected chi connectivity index (χ4v) is 2.08. The first-order chi connectivity index (χ1) is 6.34. The van der Waals surface area contributed by atoms with Crippen LogP contribution in [-0.2, 0) is 4.74 Å². The molecule has 0 amide bonds. The van der Waals surface area contributed by atoms with Crippen molar-refractivity contribution in [1.82, 2.24) is 5.32 Å². The van der Waals surface area contributed by atoms with E-state index in [1.54, 1.807) is 0 Å². The molecule has 0 aliphatic heterocycles. The first-order valence-corrected chi connectivity index (χ1v) is 5.65. The minimum absolute atomic E-state index is 0.745. The molecule has 13 heavy (non-hydrogen) atoms. The molecule has 1 aliphatic carbocycles. The van der Waals surface area contributed by atoms with Crippen LogP contribution in [0.1, 0.15) is 39.5 Å². The van der Waals surface area contributed by atoms with Crippen molar-refractivity contribution < 1.29 is 4.74 Å². The van der Waals surface area contributed by atoms with Crippen LogP contribution in [0.15, 0.2) is 0 Å². The smallest absolute Gasteiger partial charge is 0.0590 e. The summed E-state index contributed by atoms with van der Waals surface area (Å²) in [4.78, 5) is 0. The zero-order valence-corrected chi connectivity index (χ0v) is 9.01. The van der Waals surface area contributed by atoms with E-state index in [2.05, 4.69) is 12.2 Å². The van der Waals surface area contributed by atoms with Crippen LogP contribution in [0, 0.1) is 5.92 Å². The van der Waals surface area contributed by atoms with Gasteiger partial charge in [-0.1, -0.05) is 19.8 Å². The Kier molecular flexibility index (Phi) is 5.40. The fourth-order valence-electron chi connectivity index (χ4n) is 2.08. The lowest BCUT2D eigenvalue weighted by Crippen LogP contribution is -2.38. The van der Waals surface area contributed by atoms with E-state index in [1.165, 1.54) is 25.7 Å². The summed E-state index contributed by atoms with van der Waals surface area (Å²) in [7, 11) is 0. The molecular formula is C11H23NO. The number of hydrogen-bond donors (Lipinski definition) is 1. The molecule has 2 atom stereocenters. The van der Waals surface area contributed by atoms with Crippen LogP contribution in [0.5, 0.6) is 0 Å². The molecule has 2 heteroatoms. The standard InChI is InChI=1S/C11H23NO/c1-3-13-9-8-12-11-7-5-4-6-10(11)2/h10-12H,3-9H2,1-2H3/t10-,11+/m0/s1. The van der Waals surface area contributed by atoms with E-state index in [1.807, 2.05) is 6.92 Å². The van der Waals surface area contributed by atoms with Gasteiger partial charge in [-0.3, -0.25) is 0 Å². The average molecular weight is 185 g/mol. The fraction of sp³-hybridized carbons (Fsp3) is 1.00. The Bertz CT molecular complexity index is 127. The summed E-state index contributed by atoms with van der Waals surface area (Å²) in [5, 5.41) is 3.58. The Morgan fingerprint density at radius 3 is 2.77 bits per heavy atom. The van der Waals surface area contributed by atoms with Crippen molar-refractivity contribution in [2.45, 2.75) is 45.6 Å². The van der Waals surface area contributed by atoms with Crippen LogP contribution < -0.4 is 5.32 Å². The lowest BCUT2D eigenvalue weighted by atomic mass is 9.86. The normalized spacial score (nSPS) is 29.1. The van der Waals surface area contributed by atoms with Crippen LogP contribution in [0.2, 0.25) is 0 Å².